The molecule has 5 nitrogen and oxygen atoms in total. The van der Waals surface area contributed by atoms with Crippen molar-refractivity contribution < 1.29 is 14.4 Å². The van der Waals surface area contributed by atoms with E-state index in [0.717, 1.165) is 43.5 Å². The summed E-state index contributed by atoms with van der Waals surface area (Å²) in [5.74, 6) is -1.38. The molecule has 1 saturated heterocycles. The topological polar surface area (TPSA) is 66.5 Å². The van der Waals surface area contributed by atoms with Gasteiger partial charge in [0.1, 0.15) is 5.57 Å². The molecular weight excluding hydrogens is 472 g/mol. The predicted octanol–water partition coefficient (Wildman–Crippen LogP) is 6.37. The number of halogens is 1. The van der Waals surface area contributed by atoms with Crippen LogP contribution in [0.15, 0.2) is 84.4 Å². The Morgan fingerprint density at radius 2 is 1.61 bits per heavy atom. The maximum absolute atomic E-state index is 13.6. The van der Waals surface area contributed by atoms with E-state index in [2.05, 4.69) is 5.32 Å². The number of urea groups is 1. The molecule has 0 radical (unpaired) electrons. The molecule has 36 heavy (non-hydrogen) atoms. The number of hydrogen-bond acceptors (Lipinski definition) is 3. The molecule has 0 aliphatic carbocycles. The fourth-order valence-electron chi connectivity index (χ4n) is 4.59. The molecule has 1 aliphatic rings. The Hall–Kier alpha value is -4.22. The van der Waals surface area contributed by atoms with Gasteiger partial charge in [-0.25, -0.2) is 9.69 Å². The molecule has 1 fully saturated rings. The maximum Gasteiger partial charge on any atom is 0.335 e. The van der Waals surface area contributed by atoms with Gasteiger partial charge in [-0.15, -0.1) is 0 Å². The molecule has 5 rings (SSSR count). The number of rotatable bonds is 4. The van der Waals surface area contributed by atoms with Gasteiger partial charge in [-0.1, -0.05) is 83.9 Å². The molecule has 0 saturated carbocycles. The van der Waals surface area contributed by atoms with E-state index in [0.29, 0.717) is 17.1 Å². The van der Waals surface area contributed by atoms with Crippen molar-refractivity contribution in [2.75, 3.05) is 4.90 Å². The first-order chi connectivity index (χ1) is 17.3. The molecule has 178 valence electrons. The molecule has 4 aromatic rings. The second kappa shape index (κ2) is 9.44. The third-order valence-electron chi connectivity index (χ3n) is 6.38. The van der Waals surface area contributed by atoms with Crippen LogP contribution >= 0.6 is 11.6 Å². The number of fused-ring (bicyclic) bond motifs is 1. The molecule has 0 aromatic heterocycles. The van der Waals surface area contributed by atoms with Crippen LogP contribution < -0.4 is 10.2 Å². The quantitative estimate of drug-likeness (QED) is 0.265. The molecule has 0 unspecified atom stereocenters. The molecule has 0 bridgehead atoms. The Balaban J connectivity index is 1.66. The molecular formula is C30H23ClN2O3. The monoisotopic (exact) mass is 494 g/mol. The summed E-state index contributed by atoms with van der Waals surface area (Å²) in [7, 11) is 0. The van der Waals surface area contributed by atoms with Crippen LogP contribution in [-0.2, 0) is 16.0 Å². The molecule has 1 N–H and O–H groups in total. The van der Waals surface area contributed by atoms with Crippen molar-refractivity contribution in [2.45, 2.75) is 20.3 Å². The summed E-state index contributed by atoms with van der Waals surface area (Å²) in [4.78, 5) is 40.3. The number of barbiturate groups is 1. The molecule has 4 amide bonds. The number of amides is 4. The van der Waals surface area contributed by atoms with Crippen molar-refractivity contribution in [3.63, 3.8) is 0 Å². The maximum atomic E-state index is 13.6. The zero-order valence-corrected chi connectivity index (χ0v) is 20.6. The van der Waals surface area contributed by atoms with E-state index >= 15 is 0 Å². The lowest BCUT2D eigenvalue weighted by Crippen LogP contribution is -2.54. The summed E-state index contributed by atoms with van der Waals surface area (Å²) in [6, 6.07) is 24.0. The normalized spacial score (nSPS) is 15.0. The molecule has 0 atom stereocenters. The highest BCUT2D eigenvalue weighted by Crippen LogP contribution is 2.31. The van der Waals surface area contributed by atoms with Gasteiger partial charge in [-0.2, -0.15) is 0 Å². The van der Waals surface area contributed by atoms with Crippen LogP contribution in [0, 0.1) is 13.8 Å². The van der Waals surface area contributed by atoms with Crippen LogP contribution in [0.4, 0.5) is 10.5 Å². The van der Waals surface area contributed by atoms with Crippen LogP contribution in [0.25, 0.3) is 16.8 Å². The van der Waals surface area contributed by atoms with Crippen LogP contribution in [0.3, 0.4) is 0 Å². The van der Waals surface area contributed by atoms with Gasteiger partial charge in [0.25, 0.3) is 11.8 Å². The highest BCUT2D eigenvalue weighted by Gasteiger charge is 2.37. The Morgan fingerprint density at radius 3 is 2.39 bits per heavy atom. The van der Waals surface area contributed by atoms with Crippen molar-refractivity contribution in [3.8, 4) is 0 Å². The molecule has 1 aliphatic heterocycles. The SMILES string of the molecule is Cc1ccc(N2C(=O)NC(=O)/C(=C\c3c(Cc4ccccc4Cl)ccc4ccccc34)C2=O)c(C)c1. The first kappa shape index (κ1) is 23.5. The van der Waals surface area contributed by atoms with Gasteiger partial charge in [0.2, 0.25) is 0 Å². The van der Waals surface area contributed by atoms with Crippen molar-refractivity contribution in [2.24, 2.45) is 0 Å². The van der Waals surface area contributed by atoms with Crippen molar-refractivity contribution in [1.82, 2.24) is 5.32 Å². The Morgan fingerprint density at radius 1 is 0.861 bits per heavy atom. The number of aryl methyl sites for hydroxylation is 2. The molecule has 0 spiro atoms. The average molecular weight is 495 g/mol. The fourth-order valence-corrected chi connectivity index (χ4v) is 4.79. The van der Waals surface area contributed by atoms with Crippen LogP contribution in [0.5, 0.6) is 0 Å². The lowest BCUT2D eigenvalue weighted by molar-refractivity contribution is -0.122. The highest BCUT2D eigenvalue weighted by atomic mass is 35.5. The number of nitrogens with one attached hydrogen (secondary N) is 1. The number of carbonyl (C=O) groups excluding carboxylic acids is 3. The Labute approximate surface area is 214 Å². The molecule has 4 aromatic carbocycles. The summed E-state index contributed by atoms with van der Waals surface area (Å²) in [6.45, 7) is 3.76. The van der Waals surface area contributed by atoms with Crippen LogP contribution in [-0.4, -0.2) is 17.8 Å². The van der Waals surface area contributed by atoms with Gasteiger partial charge in [-0.3, -0.25) is 14.9 Å². The van der Waals surface area contributed by atoms with Gasteiger partial charge in [0.15, 0.2) is 0 Å². The second-order valence-electron chi connectivity index (χ2n) is 8.88. The minimum Gasteiger partial charge on any atom is -0.273 e. The van der Waals surface area contributed by atoms with E-state index in [1.807, 2.05) is 86.6 Å². The van der Waals surface area contributed by atoms with E-state index < -0.39 is 17.8 Å². The molecule has 6 heteroatoms. The summed E-state index contributed by atoms with van der Waals surface area (Å²) in [6.07, 6.45) is 2.11. The zero-order chi connectivity index (χ0) is 25.4. The first-order valence-electron chi connectivity index (χ1n) is 11.6. The summed E-state index contributed by atoms with van der Waals surface area (Å²) >= 11 is 6.43. The van der Waals surface area contributed by atoms with E-state index in [4.69, 9.17) is 11.6 Å². The number of carbonyl (C=O) groups is 3. The Kier molecular flexibility index (Phi) is 6.17. The average Bonchev–Trinajstić information content (AvgIpc) is 2.85. The van der Waals surface area contributed by atoms with Gasteiger partial charge in [0.05, 0.1) is 5.69 Å². The van der Waals surface area contributed by atoms with E-state index in [1.54, 1.807) is 12.1 Å². The lowest BCUT2D eigenvalue weighted by Gasteiger charge is -2.28. The van der Waals surface area contributed by atoms with Crippen molar-refractivity contribution >= 4 is 52.0 Å². The zero-order valence-electron chi connectivity index (χ0n) is 19.8. The van der Waals surface area contributed by atoms with Crippen LogP contribution in [0.2, 0.25) is 5.02 Å². The predicted molar refractivity (Wildman–Crippen MR) is 143 cm³/mol. The third-order valence-corrected chi connectivity index (χ3v) is 6.75. The number of nitrogens with zero attached hydrogens (tertiary/aromatic N) is 1. The lowest BCUT2D eigenvalue weighted by atomic mass is 9.92. The third kappa shape index (κ3) is 4.30. The second-order valence-corrected chi connectivity index (χ2v) is 9.28. The number of benzene rings is 4. The van der Waals surface area contributed by atoms with E-state index in [9.17, 15) is 14.4 Å². The van der Waals surface area contributed by atoms with Crippen molar-refractivity contribution in [3.05, 3.63) is 117 Å². The smallest absolute Gasteiger partial charge is 0.273 e. The Bertz CT molecular complexity index is 1590. The minimum absolute atomic E-state index is 0.105. The van der Waals surface area contributed by atoms with Gasteiger partial charge in [0, 0.05) is 5.02 Å². The van der Waals surface area contributed by atoms with Crippen LogP contribution in [0.1, 0.15) is 27.8 Å². The van der Waals surface area contributed by atoms with Gasteiger partial charge < -0.3 is 0 Å². The number of hydrogen-bond donors (Lipinski definition) is 1. The first-order valence-corrected chi connectivity index (χ1v) is 11.9. The summed E-state index contributed by atoms with van der Waals surface area (Å²) < 4.78 is 0. The summed E-state index contributed by atoms with van der Waals surface area (Å²) in [5, 5.41) is 4.84. The standard InChI is InChI=1S/C30H23ClN2O3/c1-18-11-14-27(19(2)15-18)33-29(35)25(28(34)32-30(33)36)17-24-21(16-22-8-4-6-10-26(22)31)13-12-20-7-3-5-9-23(20)24/h3-15,17H,16H2,1-2H3,(H,32,34,36)/b25-17+. The fraction of sp³-hybridized carbons (Fsp3) is 0.100. The number of anilines is 1. The number of imide groups is 2. The van der Waals surface area contributed by atoms with Gasteiger partial charge in [-0.05, 0) is 71.5 Å². The van der Waals surface area contributed by atoms with E-state index in [1.165, 1.54) is 0 Å². The van der Waals surface area contributed by atoms with E-state index in [-0.39, 0.29) is 5.57 Å². The van der Waals surface area contributed by atoms with Crippen molar-refractivity contribution in [1.29, 1.82) is 0 Å². The minimum atomic E-state index is -0.761. The van der Waals surface area contributed by atoms with Gasteiger partial charge >= 0.3 is 6.03 Å². The largest absolute Gasteiger partial charge is 0.335 e. The highest BCUT2D eigenvalue weighted by molar-refractivity contribution is 6.39. The molecule has 1 heterocycles. The summed E-state index contributed by atoms with van der Waals surface area (Å²) in [5.41, 5.74) is 4.68.